The second-order valence-corrected chi connectivity index (χ2v) is 6.30. The van der Waals surface area contributed by atoms with Gasteiger partial charge in [0.15, 0.2) is 0 Å². The molecule has 0 unspecified atom stereocenters. The number of hydrogen-bond acceptors (Lipinski definition) is 4. The van der Waals surface area contributed by atoms with Gasteiger partial charge in [-0.1, -0.05) is 30.3 Å². The Morgan fingerprint density at radius 1 is 1.33 bits per heavy atom. The molecule has 1 aliphatic rings. The van der Waals surface area contributed by atoms with Crippen LogP contribution in [0.15, 0.2) is 42.0 Å². The van der Waals surface area contributed by atoms with Gasteiger partial charge in [0.05, 0.1) is 11.6 Å². The summed E-state index contributed by atoms with van der Waals surface area (Å²) in [7, 11) is 0. The largest absolute Gasteiger partial charge is 0.340 e. The van der Waals surface area contributed by atoms with E-state index in [1.807, 2.05) is 22.7 Å². The highest BCUT2D eigenvalue weighted by Gasteiger charge is 2.29. The number of piperazine rings is 1. The van der Waals surface area contributed by atoms with Crippen LogP contribution in [0.5, 0.6) is 0 Å². The molecule has 0 aliphatic carbocycles. The lowest BCUT2D eigenvalue weighted by Gasteiger charge is -2.41. The fraction of sp³-hybridized carbons (Fsp3) is 0.375. The van der Waals surface area contributed by atoms with E-state index in [1.54, 1.807) is 18.3 Å². The third kappa shape index (κ3) is 3.31. The SMILES string of the molecule is CC(=O)N1CCN(Cc2cncs2)[C@@H](c2ccccc2)C1. The Bertz CT molecular complexity index is 585. The van der Waals surface area contributed by atoms with E-state index in [0.29, 0.717) is 0 Å². The van der Waals surface area contributed by atoms with E-state index in [9.17, 15) is 4.79 Å². The highest BCUT2D eigenvalue weighted by atomic mass is 32.1. The van der Waals surface area contributed by atoms with Crippen molar-refractivity contribution in [2.75, 3.05) is 19.6 Å². The fourth-order valence-corrected chi connectivity index (χ4v) is 3.43. The topological polar surface area (TPSA) is 36.4 Å². The number of benzene rings is 1. The molecule has 110 valence electrons. The zero-order chi connectivity index (χ0) is 14.7. The lowest BCUT2D eigenvalue weighted by molar-refractivity contribution is -0.132. The summed E-state index contributed by atoms with van der Waals surface area (Å²) in [6.07, 6.45) is 1.93. The van der Waals surface area contributed by atoms with E-state index >= 15 is 0 Å². The normalized spacial score (nSPS) is 19.7. The monoisotopic (exact) mass is 301 g/mol. The molecule has 0 N–H and O–H groups in total. The lowest BCUT2D eigenvalue weighted by atomic mass is 10.0. The summed E-state index contributed by atoms with van der Waals surface area (Å²) in [5.41, 5.74) is 3.14. The molecule has 1 aromatic carbocycles. The molecule has 0 saturated carbocycles. The first-order valence-electron chi connectivity index (χ1n) is 7.16. The average Bonchev–Trinajstić information content (AvgIpc) is 3.01. The van der Waals surface area contributed by atoms with Gasteiger partial charge in [0.25, 0.3) is 0 Å². The van der Waals surface area contributed by atoms with Crippen molar-refractivity contribution < 1.29 is 4.79 Å². The van der Waals surface area contributed by atoms with Crippen LogP contribution in [0.25, 0.3) is 0 Å². The van der Waals surface area contributed by atoms with E-state index in [0.717, 1.165) is 26.2 Å². The second kappa shape index (κ2) is 6.37. The van der Waals surface area contributed by atoms with Crippen LogP contribution < -0.4 is 0 Å². The minimum absolute atomic E-state index is 0.161. The van der Waals surface area contributed by atoms with Crippen molar-refractivity contribution in [3.63, 3.8) is 0 Å². The van der Waals surface area contributed by atoms with E-state index in [1.165, 1.54) is 10.4 Å². The van der Waals surface area contributed by atoms with E-state index in [2.05, 4.69) is 34.1 Å². The number of carbonyl (C=O) groups is 1. The first-order chi connectivity index (χ1) is 10.2. The molecule has 5 heteroatoms. The highest BCUT2D eigenvalue weighted by Crippen LogP contribution is 2.27. The lowest BCUT2D eigenvalue weighted by Crippen LogP contribution is -2.49. The molecule has 2 aromatic rings. The summed E-state index contributed by atoms with van der Waals surface area (Å²) in [5, 5.41) is 0. The van der Waals surface area contributed by atoms with Crippen molar-refractivity contribution in [2.24, 2.45) is 0 Å². The third-order valence-corrected chi connectivity index (χ3v) is 4.73. The summed E-state index contributed by atoms with van der Waals surface area (Å²) in [6, 6.07) is 10.7. The van der Waals surface area contributed by atoms with Crippen molar-refractivity contribution in [3.05, 3.63) is 52.5 Å². The van der Waals surface area contributed by atoms with Gasteiger partial charge in [-0.2, -0.15) is 0 Å². The van der Waals surface area contributed by atoms with E-state index in [4.69, 9.17) is 0 Å². The first kappa shape index (κ1) is 14.2. The number of nitrogens with zero attached hydrogens (tertiary/aromatic N) is 3. The third-order valence-electron chi connectivity index (χ3n) is 3.96. The van der Waals surface area contributed by atoms with Gasteiger partial charge in [0.1, 0.15) is 0 Å². The van der Waals surface area contributed by atoms with E-state index < -0.39 is 0 Å². The molecular weight excluding hydrogens is 282 g/mol. The summed E-state index contributed by atoms with van der Waals surface area (Å²) >= 11 is 1.69. The predicted molar refractivity (Wildman–Crippen MR) is 84.0 cm³/mol. The molecule has 1 saturated heterocycles. The minimum Gasteiger partial charge on any atom is -0.340 e. The molecule has 1 aromatic heterocycles. The molecule has 3 rings (SSSR count). The van der Waals surface area contributed by atoms with Crippen LogP contribution in [-0.4, -0.2) is 40.3 Å². The zero-order valence-corrected chi connectivity index (χ0v) is 12.9. The van der Waals surface area contributed by atoms with Gasteiger partial charge in [-0.15, -0.1) is 11.3 Å². The van der Waals surface area contributed by atoms with Crippen LogP contribution in [0.2, 0.25) is 0 Å². The maximum atomic E-state index is 11.7. The standard InChI is InChI=1S/C16H19N3OS/c1-13(20)18-7-8-19(10-15-9-17-12-21-15)16(11-18)14-5-3-2-4-6-14/h2-6,9,12,16H,7-8,10-11H2,1H3/t16-/m1/s1. The quantitative estimate of drug-likeness (QED) is 0.874. The molecule has 1 atom stereocenters. The zero-order valence-electron chi connectivity index (χ0n) is 12.1. The number of rotatable bonds is 3. The predicted octanol–water partition coefficient (Wildman–Crippen LogP) is 2.55. The summed E-state index contributed by atoms with van der Waals surface area (Å²) in [4.78, 5) is 21.5. The van der Waals surface area contributed by atoms with Crippen LogP contribution >= 0.6 is 11.3 Å². The van der Waals surface area contributed by atoms with Crippen LogP contribution in [0.4, 0.5) is 0 Å². The average molecular weight is 301 g/mol. The number of carbonyl (C=O) groups excluding carboxylic acids is 1. The van der Waals surface area contributed by atoms with Crippen LogP contribution in [-0.2, 0) is 11.3 Å². The van der Waals surface area contributed by atoms with Crippen molar-refractivity contribution >= 4 is 17.2 Å². The maximum Gasteiger partial charge on any atom is 0.219 e. The Labute approximate surface area is 129 Å². The summed E-state index contributed by atoms with van der Waals surface area (Å²) in [6.45, 7) is 5.02. The number of aromatic nitrogens is 1. The van der Waals surface area contributed by atoms with Crippen LogP contribution in [0, 0.1) is 0 Å². The van der Waals surface area contributed by atoms with Crippen molar-refractivity contribution in [2.45, 2.75) is 19.5 Å². The summed E-state index contributed by atoms with van der Waals surface area (Å²) < 4.78 is 0. The smallest absolute Gasteiger partial charge is 0.219 e. The second-order valence-electron chi connectivity index (χ2n) is 5.33. The Balaban J connectivity index is 1.82. The number of thiazole rings is 1. The van der Waals surface area contributed by atoms with Gasteiger partial charge < -0.3 is 4.90 Å². The van der Waals surface area contributed by atoms with Gasteiger partial charge in [-0.25, -0.2) is 0 Å². The van der Waals surface area contributed by atoms with Gasteiger partial charge >= 0.3 is 0 Å². The van der Waals surface area contributed by atoms with Gasteiger partial charge in [-0.05, 0) is 5.56 Å². The fourth-order valence-electron chi connectivity index (χ4n) is 2.81. The van der Waals surface area contributed by atoms with Crippen molar-refractivity contribution in [3.8, 4) is 0 Å². The maximum absolute atomic E-state index is 11.7. The molecule has 1 fully saturated rings. The van der Waals surface area contributed by atoms with Gasteiger partial charge in [-0.3, -0.25) is 14.7 Å². The Kier molecular flexibility index (Phi) is 4.31. The molecule has 0 spiro atoms. The first-order valence-corrected chi connectivity index (χ1v) is 8.04. The number of amides is 1. The van der Waals surface area contributed by atoms with Gasteiger partial charge in [0.2, 0.25) is 5.91 Å². The molecule has 4 nitrogen and oxygen atoms in total. The molecule has 0 radical (unpaired) electrons. The molecule has 2 heterocycles. The minimum atomic E-state index is 0.161. The molecule has 21 heavy (non-hydrogen) atoms. The molecular formula is C16H19N3OS. The highest BCUT2D eigenvalue weighted by molar-refractivity contribution is 7.09. The molecule has 0 bridgehead atoms. The Hall–Kier alpha value is -1.72. The number of hydrogen-bond donors (Lipinski definition) is 0. The molecule has 1 aliphatic heterocycles. The van der Waals surface area contributed by atoms with Crippen LogP contribution in [0.1, 0.15) is 23.4 Å². The van der Waals surface area contributed by atoms with Gasteiger partial charge in [0, 0.05) is 44.2 Å². The summed E-state index contributed by atoms with van der Waals surface area (Å²) in [5.74, 6) is 0.161. The Morgan fingerprint density at radius 3 is 2.81 bits per heavy atom. The molecule has 1 amide bonds. The Morgan fingerprint density at radius 2 is 2.14 bits per heavy atom. The van der Waals surface area contributed by atoms with Crippen molar-refractivity contribution in [1.29, 1.82) is 0 Å². The van der Waals surface area contributed by atoms with Crippen molar-refractivity contribution in [1.82, 2.24) is 14.8 Å². The van der Waals surface area contributed by atoms with Crippen LogP contribution in [0.3, 0.4) is 0 Å². The van der Waals surface area contributed by atoms with E-state index in [-0.39, 0.29) is 11.9 Å².